The highest BCUT2D eigenvalue weighted by Gasteiger charge is 2.38. The fourth-order valence-electron chi connectivity index (χ4n) is 6.53. The lowest BCUT2D eigenvalue weighted by molar-refractivity contribution is -0.171. The van der Waals surface area contributed by atoms with E-state index in [2.05, 4.69) is 24.8 Å². The highest BCUT2D eigenvalue weighted by Crippen LogP contribution is 2.47. The van der Waals surface area contributed by atoms with Gasteiger partial charge >= 0.3 is 5.97 Å². The number of rotatable bonds is 8. The van der Waals surface area contributed by atoms with Crippen molar-refractivity contribution in [1.82, 2.24) is 9.97 Å². The zero-order valence-electron chi connectivity index (χ0n) is 29.1. The second-order valence-corrected chi connectivity index (χ2v) is 14.9. The Morgan fingerprint density at radius 3 is 2.46 bits per heavy atom. The molecule has 0 spiro atoms. The summed E-state index contributed by atoms with van der Waals surface area (Å²) in [5.74, 6) is 0.399. The van der Waals surface area contributed by atoms with Crippen molar-refractivity contribution in [2.24, 2.45) is 5.41 Å². The molecule has 46 heavy (non-hydrogen) atoms. The highest BCUT2D eigenvalue weighted by atomic mass is 16.6. The van der Waals surface area contributed by atoms with Crippen LogP contribution in [0.4, 0.5) is 5.69 Å². The van der Waals surface area contributed by atoms with E-state index in [4.69, 9.17) is 24.2 Å². The van der Waals surface area contributed by atoms with Crippen LogP contribution in [0.1, 0.15) is 114 Å². The van der Waals surface area contributed by atoms with Gasteiger partial charge in [-0.2, -0.15) is 0 Å². The minimum absolute atomic E-state index is 0.103. The molecule has 8 nitrogen and oxygen atoms in total. The molecule has 0 amide bonds. The molecule has 8 heteroatoms. The highest BCUT2D eigenvalue weighted by molar-refractivity contribution is 5.89. The van der Waals surface area contributed by atoms with E-state index < -0.39 is 17.7 Å². The van der Waals surface area contributed by atoms with Gasteiger partial charge in [-0.3, -0.25) is 9.97 Å². The first-order chi connectivity index (χ1) is 21.7. The number of benzene rings is 1. The largest absolute Gasteiger partial charge is 0.484 e. The number of fused-ring (bicyclic) bond motifs is 1. The van der Waals surface area contributed by atoms with Crippen molar-refractivity contribution in [3.8, 4) is 16.9 Å². The number of ether oxygens (including phenoxy) is 3. The zero-order valence-corrected chi connectivity index (χ0v) is 29.1. The lowest BCUT2D eigenvalue weighted by atomic mass is 9.81. The van der Waals surface area contributed by atoms with Crippen LogP contribution < -0.4 is 9.64 Å². The van der Waals surface area contributed by atoms with Crippen LogP contribution >= 0.6 is 0 Å². The first-order valence-electron chi connectivity index (χ1n) is 16.7. The molecule has 0 radical (unpaired) electrons. The van der Waals surface area contributed by atoms with E-state index in [9.17, 15) is 9.90 Å². The van der Waals surface area contributed by atoms with E-state index >= 15 is 0 Å². The second-order valence-electron chi connectivity index (χ2n) is 14.9. The van der Waals surface area contributed by atoms with E-state index in [0.717, 1.165) is 78.3 Å². The summed E-state index contributed by atoms with van der Waals surface area (Å²) in [5, 5.41) is 10.7. The Hall–Kier alpha value is -3.49. The molecule has 1 aromatic carbocycles. The molecular formula is C38H51N3O5. The standard InChI is InChI=1S/C38H51N3O5/c1-23(2)44-36(43)35(46-37(5,6)7)32-25(4)40-29(22-42)33(34(32)41-19-17-38(8,9)18-20-41)27-14-15-30-26(21-27)13-16-31(45-30)28-12-10-11-24(3)39-28/h10-12,14-15,21,23,31,35,42H,13,16-20,22H2,1-9H3/t31?,35-/m0/s1. The summed E-state index contributed by atoms with van der Waals surface area (Å²) in [5.41, 5.74) is 7.17. The van der Waals surface area contributed by atoms with Crippen LogP contribution in [0.25, 0.3) is 11.1 Å². The van der Waals surface area contributed by atoms with E-state index in [-0.39, 0.29) is 24.2 Å². The van der Waals surface area contributed by atoms with Gasteiger partial charge in [0.15, 0.2) is 6.10 Å². The van der Waals surface area contributed by atoms with Crippen molar-refractivity contribution in [3.05, 3.63) is 70.3 Å². The number of nitrogens with zero attached hydrogens (tertiary/aromatic N) is 3. The topological polar surface area (TPSA) is 94.0 Å². The Labute approximate surface area is 274 Å². The summed E-state index contributed by atoms with van der Waals surface area (Å²) in [6.07, 6.45) is 2.23. The molecule has 5 rings (SSSR count). The molecule has 248 valence electrons. The zero-order chi connectivity index (χ0) is 33.4. The minimum atomic E-state index is -0.991. The molecule has 3 aromatic rings. The molecule has 1 fully saturated rings. The van der Waals surface area contributed by atoms with Crippen molar-refractivity contribution in [3.63, 3.8) is 0 Å². The van der Waals surface area contributed by atoms with Gasteiger partial charge in [-0.15, -0.1) is 0 Å². The lowest BCUT2D eigenvalue weighted by Crippen LogP contribution is -2.39. The number of aryl methyl sites for hydroxylation is 3. The molecule has 1 N–H and O–H groups in total. The number of anilines is 1. The lowest BCUT2D eigenvalue weighted by Gasteiger charge is -2.41. The predicted molar refractivity (Wildman–Crippen MR) is 181 cm³/mol. The molecule has 0 saturated carbocycles. The van der Waals surface area contributed by atoms with Crippen LogP contribution in [-0.2, 0) is 27.3 Å². The number of pyridine rings is 2. The number of aromatic nitrogens is 2. The number of carbonyl (C=O) groups is 1. The van der Waals surface area contributed by atoms with Crippen LogP contribution in [0.2, 0.25) is 0 Å². The van der Waals surface area contributed by atoms with E-state index in [1.807, 2.05) is 78.8 Å². The van der Waals surface area contributed by atoms with Gasteiger partial charge in [-0.25, -0.2) is 4.79 Å². The van der Waals surface area contributed by atoms with Crippen molar-refractivity contribution in [2.75, 3.05) is 18.0 Å². The number of carbonyl (C=O) groups excluding carboxylic acids is 1. The van der Waals surface area contributed by atoms with Crippen molar-refractivity contribution in [1.29, 1.82) is 0 Å². The molecule has 1 saturated heterocycles. The van der Waals surface area contributed by atoms with Crippen LogP contribution in [0.15, 0.2) is 36.4 Å². The smallest absolute Gasteiger partial charge is 0.340 e. The van der Waals surface area contributed by atoms with E-state index in [0.29, 0.717) is 17.0 Å². The number of esters is 1. The van der Waals surface area contributed by atoms with Gasteiger partial charge in [-0.1, -0.05) is 26.0 Å². The molecule has 2 atom stereocenters. The number of aliphatic hydroxyl groups is 1. The number of aliphatic hydroxyl groups excluding tert-OH is 1. The molecule has 4 heterocycles. The van der Waals surface area contributed by atoms with E-state index in [1.165, 1.54) is 0 Å². The van der Waals surface area contributed by atoms with Gasteiger partial charge in [-0.05, 0) is 115 Å². The van der Waals surface area contributed by atoms with Gasteiger partial charge < -0.3 is 24.2 Å². The van der Waals surface area contributed by atoms with Crippen LogP contribution in [0.3, 0.4) is 0 Å². The van der Waals surface area contributed by atoms with Crippen molar-refractivity contribution >= 4 is 11.7 Å². The summed E-state index contributed by atoms with van der Waals surface area (Å²) in [7, 11) is 0. The average Bonchev–Trinajstić information content (AvgIpc) is 2.98. The summed E-state index contributed by atoms with van der Waals surface area (Å²) >= 11 is 0. The Morgan fingerprint density at radius 1 is 1.11 bits per heavy atom. The van der Waals surface area contributed by atoms with Crippen LogP contribution in [-0.4, -0.2) is 45.8 Å². The average molecular weight is 630 g/mol. The number of hydrogen-bond acceptors (Lipinski definition) is 8. The number of piperidine rings is 1. The van der Waals surface area contributed by atoms with Gasteiger partial charge in [0.05, 0.1) is 35.4 Å². The van der Waals surface area contributed by atoms with Crippen molar-refractivity contribution < 1.29 is 24.1 Å². The Kier molecular flexibility index (Phi) is 9.81. The Balaban J connectivity index is 1.67. The van der Waals surface area contributed by atoms with E-state index in [1.54, 1.807) is 0 Å². The third kappa shape index (κ3) is 7.55. The SMILES string of the molecule is Cc1cccc(C2CCc3cc(-c4c(CO)nc(C)c([C@H](OC(C)(C)C)C(=O)OC(C)C)c4N4CCC(C)(C)CC4)ccc3O2)n1. The van der Waals surface area contributed by atoms with Crippen molar-refractivity contribution in [2.45, 2.75) is 119 Å². The molecule has 2 aromatic heterocycles. The third-order valence-corrected chi connectivity index (χ3v) is 8.89. The summed E-state index contributed by atoms with van der Waals surface area (Å²) in [6, 6.07) is 12.3. The summed E-state index contributed by atoms with van der Waals surface area (Å²) < 4.78 is 18.8. The van der Waals surface area contributed by atoms with Gasteiger partial charge in [0.2, 0.25) is 0 Å². The summed E-state index contributed by atoms with van der Waals surface area (Å²) in [4.78, 5) is 25.8. The molecular weight excluding hydrogens is 578 g/mol. The molecule has 2 aliphatic rings. The van der Waals surface area contributed by atoms with Gasteiger partial charge in [0.25, 0.3) is 0 Å². The fraction of sp³-hybridized carbons (Fsp3) is 0.553. The molecule has 2 aliphatic heterocycles. The summed E-state index contributed by atoms with van der Waals surface area (Å²) in [6.45, 7) is 19.4. The molecule has 0 aliphatic carbocycles. The third-order valence-electron chi connectivity index (χ3n) is 8.89. The molecule has 1 unspecified atom stereocenters. The Bertz CT molecular complexity index is 1570. The first kappa shape index (κ1) is 33.9. The van der Waals surface area contributed by atoms with Gasteiger partial charge in [0.1, 0.15) is 11.9 Å². The minimum Gasteiger partial charge on any atom is -0.484 e. The maximum Gasteiger partial charge on any atom is 0.340 e. The fourth-order valence-corrected chi connectivity index (χ4v) is 6.53. The molecule has 0 bridgehead atoms. The van der Waals surface area contributed by atoms with Crippen LogP contribution in [0.5, 0.6) is 5.75 Å². The first-order valence-corrected chi connectivity index (χ1v) is 16.7. The normalized spacial score (nSPS) is 18.6. The van der Waals surface area contributed by atoms with Gasteiger partial charge in [0, 0.05) is 35.6 Å². The quantitative estimate of drug-likeness (QED) is 0.253. The second kappa shape index (κ2) is 13.3. The maximum absolute atomic E-state index is 13.8. The monoisotopic (exact) mass is 629 g/mol. The number of hydrogen-bond donors (Lipinski definition) is 1. The maximum atomic E-state index is 13.8. The predicted octanol–water partition coefficient (Wildman–Crippen LogP) is 7.75. The Morgan fingerprint density at radius 2 is 1.83 bits per heavy atom. The van der Waals surface area contributed by atoms with Crippen LogP contribution in [0, 0.1) is 19.3 Å².